The summed E-state index contributed by atoms with van der Waals surface area (Å²) in [5.41, 5.74) is 8.00. The lowest BCUT2D eigenvalue weighted by atomic mass is 10.2. The number of nitrogens with zero attached hydrogens (tertiary/aromatic N) is 5. The Hall–Kier alpha value is -4.70. The van der Waals surface area contributed by atoms with E-state index in [1.165, 1.54) is 18.7 Å². The van der Waals surface area contributed by atoms with Crippen LogP contribution in [-0.4, -0.2) is 46.4 Å². The van der Waals surface area contributed by atoms with Gasteiger partial charge in [-0.2, -0.15) is 5.10 Å². The Morgan fingerprint density at radius 3 is 2.76 bits per heavy atom. The number of carbonyl (C=O) groups is 1. The fourth-order valence-electron chi connectivity index (χ4n) is 3.15. The predicted molar refractivity (Wildman–Crippen MR) is 143 cm³/mol. The summed E-state index contributed by atoms with van der Waals surface area (Å²) in [6.07, 6.45) is 12.1. The van der Waals surface area contributed by atoms with Crippen LogP contribution in [0.2, 0.25) is 0 Å². The largest absolute Gasteiger partial charge is 0.443 e. The topological polar surface area (TPSA) is 124 Å². The van der Waals surface area contributed by atoms with Gasteiger partial charge in [-0.1, -0.05) is 42.5 Å². The Bertz CT molecular complexity index is 1320. The third-order valence-electron chi connectivity index (χ3n) is 4.98. The molecule has 0 bridgehead atoms. The van der Waals surface area contributed by atoms with Crippen LogP contribution in [0, 0.1) is 0 Å². The van der Waals surface area contributed by atoms with Crippen LogP contribution >= 0.6 is 0 Å². The summed E-state index contributed by atoms with van der Waals surface area (Å²) >= 11 is 0. The fourth-order valence-corrected chi connectivity index (χ4v) is 3.15. The maximum atomic E-state index is 13.7. The van der Waals surface area contributed by atoms with Crippen LogP contribution in [0.15, 0.2) is 112 Å². The van der Waals surface area contributed by atoms with E-state index in [2.05, 4.69) is 38.7 Å². The molecule has 0 fully saturated rings. The van der Waals surface area contributed by atoms with Gasteiger partial charge in [0.1, 0.15) is 24.3 Å². The summed E-state index contributed by atoms with van der Waals surface area (Å²) in [6.45, 7) is 6.76. The van der Waals surface area contributed by atoms with E-state index < -0.39 is 6.67 Å². The summed E-state index contributed by atoms with van der Waals surface area (Å²) in [4.78, 5) is 24.9. The summed E-state index contributed by atoms with van der Waals surface area (Å²) in [5, 5.41) is 7.27. The van der Waals surface area contributed by atoms with Crippen molar-refractivity contribution in [3.05, 3.63) is 108 Å². The van der Waals surface area contributed by atoms with Crippen molar-refractivity contribution in [3.63, 3.8) is 0 Å². The van der Waals surface area contributed by atoms with Gasteiger partial charge in [0.15, 0.2) is 5.84 Å². The van der Waals surface area contributed by atoms with Gasteiger partial charge in [-0.15, -0.1) is 6.58 Å². The summed E-state index contributed by atoms with van der Waals surface area (Å²) < 4.78 is 20.7. The van der Waals surface area contributed by atoms with Gasteiger partial charge in [0.2, 0.25) is 5.89 Å². The number of halogens is 1. The van der Waals surface area contributed by atoms with Crippen molar-refractivity contribution in [2.45, 2.75) is 13.0 Å². The number of alkyl halides is 1. The first-order valence-electron chi connectivity index (χ1n) is 11.4. The molecule has 3 aromatic rings. The molecule has 9 nitrogen and oxygen atoms in total. The number of allylic oxidation sites excluding steroid dienone is 5. The average Bonchev–Trinajstić information content (AvgIpc) is 3.61. The van der Waals surface area contributed by atoms with E-state index in [9.17, 15) is 9.18 Å². The lowest BCUT2D eigenvalue weighted by Crippen LogP contribution is -2.27. The monoisotopic (exact) mass is 501 g/mol. The van der Waals surface area contributed by atoms with E-state index in [1.807, 2.05) is 12.1 Å². The molecule has 37 heavy (non-hydrogen) atoms. The molecule has 0 aliphatic rings. The average molecular weight is 502 g/mol. The van der Waals surface area contributed by atoms with Crippen molar-refractivity contribution >= 4 is 18.5 Å². The van der Waals surface area contributed by atoms with Gasteiger partial charge >= 0.3 is 0 Å². The maximum Gasteiger partial charge on any atom is 0.255 e. The van der Waals surface area contributed by atoms with E-state index in [4.69, 9.17) is 10.2 Å². The van der Waals surface area contributed by atoms with Crippen molar-refractivity contribution in [1.29, 1.82) is 0 Å². The summed E-state index contributed by atoms with van der Waals surface area (Å²) in [6, 6.07) is 10.4. The van der Waals surface area contributed by atoms with Gasteiger partial charge in [-0.3, -0.25) is 9.48 Å². The molecular weight excluding hydrogens is 473 g/mol. The molecule has 1 amide bonds. The van der Waals surface area contributed by atoms with Gasteiger partial charge in [-0.25, -0.2) is 19.4 Å². The first-order chi connectivity index (χ1) is 18.1. The molecule has 0 unspecified atom stereocenters. The van der Waals surface area contributed by atoms with Crippen LogP contribution in [0.25, 0.3) is 11.6 Å². The van der Waals surface area contributed by atoms with E-state index in [0.717, 1.165) is 0 Å². The standard InChI is InChI=1S/C27H28FN7O2/c1-3-4-5-7-10-20(16-28)19-35-24(27-31-13-14-37-27)15-23(34-35)25(30-2)32-18-22(17-29)33-26(36)21-11-8-6-9-12-21/h3,5-15,18H,1-2,4,16-17,19,29H2,(H,33,36)/b7-5-,20-10+,22-18+,32-25-. The number of aromatic nitrogens is 3. The Labute approximate surface area is 214 Å². The molecule has 0 spiro atoms. The van der Waals surface area contributed by atoms with Crippen LogP contribution in [0.3, 0.4) is 0 Å². The second kappa shape index (κ2) is 14.0. The first-order valence-corrected chi connectivity index (χ1v) is 11.4. The molecule has 0 radical (unpaired) electrons. The Morgan fingerprint density at radius 2 is 2.11 bits per heavy atom. The lowest BCUT2D eigenvalue weighted by Gasteiger charge is -2.07. The number of hydrogen-bond donors (Lipinski definition) is 2. The number of aliphatic imine (C=N–C) groups is 2. The minimum Gasteiger partial charge on any atom is -0.443 e. The first kappa shape index (κ1) is 26.9. The molecule has 0 atom stereocenters. The summed E-state index contributed by atoms with van der Waals surface area (Å²) in [5.74, 6) is 0.155. The fraction of sp³-hybridized carbons (Fsp3) is 0.148. The molecule has 2 aromatic heterocycles. The normalized spacial score (nSPS) is 12.6. The van der Waals surface area contributed by atoms with Crippen molar-refractivity contribution in [3.8, 4) is 11.6 Å². The van der Waals surface area contributed by atoms with Crippen LogP contribution in [-0.2, 0) is 6.54 Å². The number of rotatable bonds is 12. The van der Waals surface area contributed by atoms with Gasteiger partial charge in [0, 0.05) is 18.2 Å². The zero-order chi connectivity index (χ0) is 26.5. The molecule has 0 aliphatic carbocycles. The molecule has 3 N–H and O–H groups in total. The van der Waals surface area contributed by atoms with E-state index in [0.29, 0.717) is 40.5 Å². The number of benzene rings is 1. The van der Waals surface area contributed by atoms with Gasteiger partial charge < -0.3 is 15.5 Å². The van der Waals surface area contributed by atoms with Crippen LogP contribution < -0.4 is 11.1 Å². The highest BCUT2D eigenvalue weighted by Crippen LogP contribution is 2.21. The Balaban J connectivity index is 1.90. The van der Waals surface area contributed by atoms with Crippen molar-refractivity contribution in [1.82, 2.24) is 20.1 Å². The van der Waals surface area contributed by atoms with Crippen molar-refractivity contribution < 1.29 is 13.6 Å². The predicted octanol–water partition coefficient (Wildman–Crippen LogP) is 4.24. The number of hydrogen-bond acceptors (Lipinski definition) is 6. The Kier molecular flexibility index (Phi) is 10.2. The number of nitrogens with one attached hydrogen (secondary N) is 1. The van der Waals surface area contributed by atoms with Gasteiger partial charge in [0.05, 0.1) is 24.6 Å². The van der Waals surface area contributed by atoms with E-state index in [1.54, 1.807) is 53.2 Å². The van der Waals surface area contributed by atoms with Crippen LogP contribution in [0.4, 0.5) is 4.39 Å². The van der Waals surface area contributed by atoms with Crippen LogP contribution in [0.1, 0.15) is 22.5 Å². The molecule has 10 heteroatoms. The Morgan fingerprint density at radius 1 is 1.30 bits per heavy atom. The minimum absolute atomic E-state index is 0.0343. The van der Waals surface area contributed by atoms with Gasteiger partial charge in [-0.05, 0) is 30.8 Å². The molecule has 2 heterocycles. The smallest absolute Gasteiger partial charge is 0.255 e. The summed E-state index contributed by atoms with van der Waals surface area (Å²) in [7, 11) is 0. The number of oxazole rings is 1. The third-order valence-corrected chi connectivity index (χ3v) is 4.98. The second-order valence-electron chi connectivity index (χ2n) is 7.61. The van der Waals surface area contributed by atoms with Crippen LogP contribution in [0.5, 0.6) is 0 Å². The number of nitrogens with two attached hydrogens (primary N) is 1. The molecule has 190 valence electrons. The highest BCUT2D eigenvalue weighted by Gasteiger charge is 2.17. The molecule has 0 saturated heterocycles. The van der Waals surface area contributed by atoms with Crippen molar-refractivity contribution in [2.75, 3.05) is 13.2 Å². The van der Waals surface area contributed by atoms with Crippen molar-refractivity contribution in [2.24, 2.45) is 15.7 Å². The number of carbonyl (C=O) groups excluding carboxylic acids is 1. The molecule has 1 aromatic carbocycles. The van der Waals surface area contributed by atoms with E-state index >= 15 is 0 Å². The molecule has 0 saturated carbocycles. The zero-order valence-corrected chi connectivity index (χ0v) is 20.3. The van der Waals surface area contributed by atoms with Gasteiger partial charge in [0.25, 0.3) is 5.91 Å². The highest BCUT2D eigenvalue weighted by atomic mass is 19.1. The third kappa shape index (κ3) is 7.64. The number of amidine groups is 1. The second-order valence-corrected chi connectivity index (χ2v) is 7.61. The lowest BCUT2D eigenvalue weighted by molar-refractivity contribution is 0.0965. The quantitative estimate of drug-likeness (QED) is 0.166. The number of amides is 1. The zero-order valence-electron chi connectivity index (χ0n) is 20.3. The molecule has 3 rings (SSSR count). The molecule has 0 aliphatic heterocycles. The SMILES string of the molecule is C=CC/C=C\C=C(/CF)Cn1nc(/C(N=C)=N/C=C(\CN)NC(=O)c2ccccc2)cc1-c1ncco1. The van der Waals surface area contributed by atoms with E-state index in [-0.39, 0.29) is 24.8 Å². The maximum absolute atomic E-state index is 13.7. The minimum atomic E-state index is -0.664. The molecular formula is C27H28FN7O2. The highest BCUT2D eigenvalue weighted by molar-refractivity contribution is 6.01.